The van der Waals surface area contributed by atoms with Crippen LogP contribution in [0.5, 0.6) is 69.0 Å². The first kappa shape index (κ1) is 120. The molecule has 12 nitrogen and oxygen atoms in total. The molecule has 732 valence electrons. The Balaban J connectivity index is 0.000000756. The molecule has 2 unspecified atom stereocenters. The Labute approximate surface area is 803 Å². The Morgan fingerprint density at radius 2 is 0.288 bits per heavy atom. The molecule has 6 aliphatic heterocycles. The largest absolute Gasteiger partial charge is 0.489 e. The van der Waals surface area contributed by atoms with Gasteiger partial charge >= 0.3 is 0 Å². The van der Waals surface area contributed by atoms with E-state index in [0.29, 0.717) is 25.0 Å². The molecule has 0 aliphatic carbocycles. The van der Waals surface area contributed by atoms with Gasteiger partial charge in [-0.05, 0) is 148 Å². The quantitative estimate of drug-likeness (QED) is 0.144. The highest BCUT2D eigenvalue weighted by molar-refractivity contribution is 5.90. The molecule has 0 spiro atoms. The molecule has 12 heteroatoms. The Morgan fingerprint density at radius 3 is 0.424 bits per heavy atom. The fourth-order valence-electron chi connectivity index (χ4n) is 13.1. The summed E-state index contributed by atoms with van der Waals surface area (Å²) in [6, 6.07) is 74.4. The van der Waals surface area contributed by atoms with Crippen molar-refractivity contribution in [1.29, 1.82) is 0 Å². The summed E-state index contributed by atoms with van der Waals surface area (Å²) >= 11 is 0. The molecule has 0 fully saturated rings. The average molecular weight is 1810 g/mol. The van der Waals surface area contributed by atoms with Crippen LogP contribution in [0.1, 0.15) is 291 Å². The molecule has 2 atom stereocenters. The zero-order valence-corrected chi connectivity index (χ0v) is 90.4. The number of ether oxygens (including phenoxy) is 12. The first-order valence-electron chi connectivity index (χ1n) is 50.2. The molecule has 0 radical (unpaired) electrons. The van der Waals surface area contributed by atoms with Crippen molar-refractivity contribution in [1.82, 2.24) is 0 Å². The van der Waals surface area contributed by atoms with Crippen LogP contribution in [0.2, 0.25) is 0 Å². The van der Waals surface area contributed by atoms with E-state index in [1.807, 2.05) is 239 Å². The summed E-state index contributed by atoms with van der Waals surface area (Å²) in [6.45, 7) is 91.2. The van der Waals surface area contributed by atoms with E-state index < -0.39 is 0 Å². The molecule has 0 amide bonds. The third-order valence-corrected chi connectivity index (χ3v) is 20.7. The van der Waals surface area contributed by atoms with Crippen molar-refractivity contribution in [3.8, 4) is 69.0 Å². The van der Waals surface area contributed by atoms with Crippen molar-refractivity contribution in [2.75, 3.05) is 39.6 Å². The second-order valence-corrected chi connectivity index (χ2v) is 35.7. The van der Waals surface area contributed by atoms with Gasteiger partial charge in [0.05, 0.1) is 26.4 Å². The number of hydrogen-bond donors (Lipinski definition) is 0. The first-order valence-corrected chi connectivity index (χ1v) is 50.2. The van der Waals surface area contributed by atoms with Crippen molar-refractivity contribution in [3.63, 3.8) is 0 Å². The van der Waals surface area contributed by atoms with E-state index in [4.69, 9.17) is 56.8 Å². The van der Waals surface area contributed by atoms with Crippen LogP contribution in [0.3, 0.4) is 0 Å². The van der Waals surface area contributed by atoms with Gasteiger partial charge in [0.2, 0.25) is 12.6 Å². The van der Waals surface area contributed by atoms with Gasteiger partial charge in [0.25, 0.3) is 0 Å². The minimum atomic E-state index is -0.200. The second kappa shape index (κ2) is 60.1. The zero-order chi connectivity index (χ0) is 101. The fraction of sp³-hybridized carbons (Fsp3) is 0.500. The standard InChI is InChI=1S/2C17H20O2.2C16H18O2.2C15H16O2.12C2H6/c2*1-17(2,3)14-10-18-15-8-12-6-4-5-7-13(12)9-16(15)19-11-14;2*1-16(2,3)15-10-17-13-8-11-6-4-5-7-12(11)9-14(13)18-15;2*1-15(2,3)14-16-12-8-10-6-4-5-7-11(10)9-13(12)17-14;12*1-2/h2*4-9,14H,10-11H2,1-3H3;2*4-9,15H,10H2,1-3H3;2*4-9,14H,1-3H3;12*1-2H3. The summed E-state index contributed by atoms with van der Waals surface area (Å²) in [6.07, 6.45) is -0.194. The molecule has 18 rings (SSSR count). The van der Waals surface area contributed by atoms with E-state index in [1.165, 1.54) is 64.6 Å². The summed E-state index contributed by atoms with van der Waals surface area (Å²) in [4.78, 5) is 0. The van der Waals surface area contributed by atoms with E-state index >= 15 is 0 Å². The van der Waals surface area contributed by atoms with Crippen LogP contribution < -0.4 is 56.8 Å². The Morgan fingerprint density at radius 1 is 0.159 bits per heavy atom. The van der Waals surface area contributed by atoms with E-state index in [1.54, 1.807) is 0 Å². The van der Waals surface area contributed by atoms with Crippen LogP contribution in [0.15, 0.2) is 218 Å². The zero-order valence-electron chi connectivity index (χ0n) is 90.4. The number of benzene rings is 12. The lowest BCUT2D eigenvalue weighted by Gasteiger charge is -2.35. The van der Waals surface area contributed by atoms with Gasteiger partial charge in [-0.1, -0.05) is 436 Å². The van der Waals surface area contributed by atoms with Gasteiger partial charge in [-0.15, -0.1) is 0 Å². The predicted molar refractivity (Wildman–Crippen MR) is 575 cm³/mol. The van der Waals surface area contributed by atoms with Gasteiger partial charge in [-0.25, -0.2) is 0 Å². The molecule has 0 aromatic heterocycles. The molecule has 0 saturated carbocycles. The Kier molecular flexibility index (Phi) is 54.6. The second-order valence-electron chi connectivity index (χ2n) is 35.7. The van der Waals surface area contributed by atoms with Crippen molar-refractivity contribution < 1.29 is 56.8 Å². The molecular formula is C120H180O12. The summed E-state index contributed by atoms with van der Waals surface area (Å²) in [5.41, 5.74) is 0.520. The summed E-state index contributed by atoms with van der Waals surface area (Å²) in [5, 5.41) is 14.3. The van der Waals surface area contributed by atoms with E-state index in [2.05, 4.69) is 270 Å². The smallest absolute Gasteiger partial charge is 0.246 e. The molecule has 0 saturated heterocycles. The molecule has 6 aliphatic rings. The van der Waals surface area contributed by atoms with Gasteiger partial charge in [0.1, 0.15) is 25.4 Å². The van der Waals surface area contributed by atoms with E-state index in [9.17, 15) is 0 Å². The lowest BCUT2D eigenvalue weighted by Crippen LogP contribution is -2.39. The number of fused-ring (bicyclic) bond motifs is 12. The van der Waals surface area contributed by atoms with Crippen molar-refractivity contribution in [2.45, 2.75) is 316 Å². The van der Waals surface area contributed by atoms with Crippen LogP contribution in [0.25, 0.3) is 64.6 Å². The maximum atomic E-state index is 6.08. The third kappa shape index (κ3) is 35.6. The fourth-order valence-corrected chi connectivity index (χ4v) is 13.1. The van der Waals surface area contributed by atoms with Gasteiger partial charge in [0, 0.05) is 33.5 Å². The van der Waals surface area contributed by atoms with E-state index in [0.717, 1.165) is 95.4 Å². The SMILES string of the molecule is CC.CC.CC.CC.CC.CC.CC.CC.CC.CC.CC.CC.CC(C)(C)C1COc2cc3ccccc3cc2O1.CC(C)(C)C1COc2cc3ccccc3cc2O1.CC(C)(C)C1COc2cc3ccccc3cc2OC1.CC(C)(C)C1COc2cc3ccccc3cc2OC1.CC(C)(C)C1Oc2cc3ccccc3cc2O1.CC(C)(C)C1Oc2cc3ccccc3cc2O1. The monoisotopic (exact) mass is 1810 g/mol. The minimum Gasteiger partial charge on any atom is -0.489 e. The molecule has 12 aromatic rings. The average Bonchev–Trinajstić information content (AvgIpc) is 1.65. The highest BCUT2D eigenvalue weighted by Crippen LogP contribution is 2.47. The molecule has 132 heavy (non-hydrogen) atoms. The maximum Gasteiger partial charge on any atom is 0.246 e. The molecule has 0 bridgehead atoms. The molecule has 0 N–H and O–H groups in total. The summed E-state index contributed by atoms with van der Waals surface area (Å²) < 4.78 is 71.2. The Bertz CT molecular complexity index is 4650. The van der Waals surface area contributed by atoms with Crippen molar-refractivity contribution in [3.05, 3.63) is 218 Å². The van der Waals surface area contributed by atoms with Crippen molar-refractivity contribution in [2.24, 2.45) is 44.3 Å². The van der Waals surface area contributed by atoms with Gasteiger partial charge in [-0.2, -0.15) is 0 Å². The normalized spacial score (nSPS) is 14.4. The van der Waals surface area contributed by atoms with Crippen LogP contribution in [-0.2, 0) is 0 Å². The van der Waals surface area contributed by atoms with Crippen LogP contribution in [0.4, 0.5) is 0 Å². The van der Waals surface area contributed by atoms with E-state index in [-0.39, 0.29) is 57.3 Å². The molecule has 6 heterocycles. The van der Waals surface area contributed by atoms with Crippen LogP contribution in [-0.4, -0.2) is 64.4 Å². The highest BCUT2D eigenvalue weighted by atomic mass is 16.7. The van der Waals surface area contributed by atoms with Gasteiger partial charge in [-0.3, -0.25) is 0 Å². The Hall–Kier alpha value is -10.2. The topological polar surface area (TPSA) is 111 Å². The summed E-state index contributed by atoms with van der Waals surface area (Å²) in [7, 11) is 0. The maximum absolute atomic E-state index is 6.08. The summed E-state index contributed by atoms with van der Waals surface area (Å²) in [5.74, 6) is 11.1. The lowest BCUT2D eigenvalue weighted by atomic mass is 9.82. The minimum absolute atomic E-state index is 0.0226. The number of hydrogen-bond acceptors (Lipinski definition) is 12. The number of rotatable bonds is 0. The van der Waals surface area contributed by atoms with Crippen LogP contribution >= 0.6 is 0 Å². The third-order valence-electron chi connectivity index (χ3n) is 20.7. The highest BCUT2D eigenvalue weighted by Gasteiger charge is 2.38. The van der Waals surface area contributed by atoms with Crippen molar-refractivity contribution >= 4 is 64.6 Å². The predicted octanol–water partition coefficient (Wildman–Crippen LogP) is 36.9. The van der Waals surface area contributed by atoms with Gasteiger partial charge < -0.3 is 56.8 Å². The molecule has 12 aromatic carbocycles. The molecular weight excluding hydrogens is 1630 g/mol. The van der Waals surface area contributed by atoms with Gasteiger partial charge in [0.15, 0.2) is 69.0 Å². The first-order chi connectivity index (χ1) is 63.2. The van der Waals surface area contributed by atoms with Crippen LogP contribution in [0, 0.1) is 44.3 Å². The lowest BCUT2D eigenvalue weighted by molar-refractivity contribution is -0.0396.